The molecule has 8 aromatic carbocycles. The smallest absolute Gasteiger partial charge is 0.164 e. The molecule has 0 amide bonds. The van der Waals surface area contributed by atoms with Crippen LogP contribution in [-0.2, 0) is 5.41 Å². The van der Waals surface area contributed by atoms with Gasteiger partial charge in [0.1, 0.15) is 11.2 Å². The summed E-state index contributed by atoms with van der Waals surface area (Å²) in [6, 6.07) is 63.5. The van der Waals surface area contributed by atoms with Crippen LogP contribution >= 0.6 is 0 Å². The number of benzene rings is 8. The van der Waals surface area contributed by atoms with Crippen LogP contribution in [-0.4, -0.2) is 19.9 Å². The van der Waals surface area contributed by atoms with Crippen molar-refractivity contribution in [2.24, 2.45) is 0 Å². The summed E-state index contributed by atoms with van der Waals surface area (Å²) in [7, 11) is 0. The Morgan fingerprint density at radius 2 is 0.967 bits per heavy atom. The second-order valence-electron chi connectivity index (χ2n) is 16.2. The average molecular weight is 769 g/mol. The summed E-state index contributed by atoms with van der Waals surface area (Å²) in [4.78, 5) is 20.4. The first-order valence-electron chi connectivity index (χ1n) is 20.4. The van der Waals surface area contributed by atoms with Gasteiger partial charge < -0.3 is 4.42 Å². The van der Waals surface area contributed by atoms with Gasteiger partial charge in [-0.05, 0) is 57.6 Å². The second kappa shape index (κ2) is 13.1. The molecule has 12 rings (SSSR count). The molecular formula is C55H36N4O. The number of pyridine rings is 1. The number of fused-ring (bicyclic) bond motifs is 10. The third-order valence-corrected chi connectivity index (χ3v) is 12.3. The van der Waals surface area contributed by atoms with E-state index in [0.717, 1.165) is 82.7 Å². The molecule has 0 spiro atoms. The van der Waals surface area contributed by atoms with Gasteiger partial charge in [0.15, 0.2) is 17.5 Å². The highest BCUT2D eigenvalue weighted by Crippen LogP contribution is 2.49. The highest BCUT2D eigenvalue weighted by molar-refractivity contribution is 6.26. The first kappa shape index (κ1) is 34.3. The Morgan fingerprint density at radius 3 is 1.75 bits per heavy atom. The topological polar surface area (TPSA) is 64.7 Å². The van der Waals surface area contributed by atoms with Crippen molar-refractivity contribution in [3.8, 4) is 67.7 Å². The number of rotatable bonds is 5. The van der Waals surface area contributed by atoms with Crippen molar-refractivity contribution in [1.29, 1.82) is 0 Å². The molecule has 1 aliphatic rings. The van der Waals surface area contributed by atoms with Gasteiger partial charge in [-0.3, -0.25) is 0 Å². The molecule has 0 fully saturated rings. The summed E-state index contributed by atoms with van der Waals surface area (Å²) in [5.74, 6) is 1.91. The van der Waals surface area contributed by atoms with E-state index in [2.05, 4.69) is 153 Å². The Kier molecular flexibility index (Phi) is 7.51. The fraction of sp³-hybridized carbons (Fsp3) is 0.0545. The van der Waals surface area contributed by atoms with Crippen molar-refractivity contribution in [2.75, 3.05) is 0 Å². The molecule has 60 heavy (non-hydrogen) atoms. The minimum Gasteiger partial charge on any atom is -0.455 e. The molecule has 282 valence electrons. The Labute approximate surface area is 346 Å². The predicted molar refractivity (Wildman–Crippen MR) is 245 cm³/mol. The number of nitrogens with zero attached hydrogens (tertiary/aromatic N) is 4. The molecule has 0 aliphatic heterocycles. The monoisotopic (exact) mass is 768 g/mol. The molecule has 0 N–H and O–H groups in total. The summed E-state index contributed by atoms with van der Waals surface area (Å²) in [6.07, 6.45) is 0. The summed E-state index contributed by atoms with van der Waals surface area (Å²) < 4.78 is 6.83. The van der Waals surface area contributed by atoms with Gasteiger partial charge in [0, 0.05) is 54.6 Å². The van der Waals surface area contributed by atoms with Crippen LogP contribution in [0.15, 0.2) is 186 Å². The van der Waals surface area contributed by atoms with E-state index in [1.54, 1.807) is 0 Å². The van der Waals surface area contributed by atoms with E-state index in [0.29, 0.717) is 17.5 Å². The Bertz CT molecular complexity index is 3500. The van der Waals surface area contributed by atoms with Crippen molar-refractivity contribution in [3.05, 3.63) is 193 Å². The van der Waals surface area contributed by atoms with Crippen LogP contribution in [0.5, 0.6) is 0 Å². The van der Waals surface area contributed by atoms with Gasteiger partial charge in [0.25, 0.3) is 0 Å². The van der Waals surface area contributed by atoms with Crippen molar-refractivity contribution in [3.63, 3.8) is 0 Å². The number of hydrogen-bond donors (Lipinski definition) is 0. The van der Waals surface area contributed by atoms with Crippen LogP contribution in [0.25, 0.3) is 111 Å². The summed E-state index contributed by atoms with van der Waals surface area (Å²) in [5.41, 5.74) is 14.7. The van der Waals surface area contributed by atoms with Gasteiger partial charge in [0.05, 0.1) is 11.2 Å². The maximum atomic E-state index is 6.83. The van der Waals surface area contributed by atoms with Crippen molar-refractivity contribution < 1.29 is 4.42 Å². The summed E-state index contributed by atoms with van der Waals surface area (Å²) in [5, 5.41) is 5.37. The fourth-order valence-electron chi connectivity index (χ4n) is 9.38. The van der Waals surface area contributed by atoms with Crippen molar-refractivity contribution >= 4 is 43.6 Å². The van der Waals surface area contributed by atoms with Gasteiger partial charge >= 0.3 is 0 Å². The molecule has 3 aromatic heterocycles. The van der Waals surface area contributed by atoms with Gasteiger partial charge in [0.2, 0.25) is 0 Å². The zero-order valence-corrected chi connectivity index (χ0v) is 33.0. The van der Waals surface area contributed by atoms with E-state index in [-0.39, 0.29) is 5.41 Å². The van der Waals surface area contributed by atoms with E-state index >= 15 is 0 Å². The third-order valence-electron chi connectivity index (χ3n) is 12.3. The highest BCUT2D eigenvalue weighted by atomic mass is 16.3. The minimum atomic E-state index is -0.0791. The maximum Gasteiger partial charge on any atom is 0.164 e. The van der Waals surface area contributed by atoms with Crippen LogP contribution < -0.4 is 0 Å². The maximum absolute atomic E-state index is 6.83. The zero-order chi connectivity index (χ0) is 40.0. The van der Waals surface area contributed by atoms with E-state index in [1.165, 1.54) is 22.3 Å². The summed E-state index contributed by atoms with van der Waals surface area (Å²) >= 11 is 0. The molecule has 0 saturated carbocycles. The molecular weight excluding hydrogens is 733 g/mol. The number of aromatic nitrogens is 4. The largest absolute Gasteiger partial charge is 0.455 e. The molecule has 1 aliphatic carbocycles. The average Bonchev–Trinajstić information content (AvgIpc) is 3.81. The van der Waals surface area contributed by atoms with Gasteiger partial charge in [-0.15, -0.1) is 0 Å². The Balaban J connectivity index is 0.986. The molecule has 0 saturated heterocycles. The molecule has 5 heteroatoms. The normalized spacial score (nSPS) is 13.0. The third kappa shape index (κ3) is 5.26. The van der Waals surface area contributed by atoms with Crippen LogP contribution in [0.3, 0.4) is 0 Å². The van der Waals surface area contributed by atoms with E-state index < -0.39 is 0 Å². The predicted octanol–water partition coefficient (Wildman–Crippen LogP) is 14.1. The number of para-hydroxylation sites is 1. The van der Waals surface area contributed by atoms with Crippen LogP contribution in [0, 0.1) is 0 Å². The first-order valence-corrected chi connectivity index (χ1v) is 20.4. The van der Waals surface area contributed by atoms with Crippen molar-refractivity contribution in [1.82, 2.24) is 19.9 Å². The number of hydrogen-bond acceptors (Lipinski definition) is 5. The van der Waals surface area contributed by atoms with Gasteiger partial charge in [-0.2, -0.15) is 0 Å². The lowest BCUT2D eigenvalue weighted by Crippen LogP contribution is -2.14. The van der Waals surface area contributed by atoms with E-state index in [1.807, 2.05) is 42.5 Å². The minimum absolute atomic E-state index is 0.0791. The second-order valence-corrected chi connectivity index (χ2v) is 16.2. The molecule has 0 atom stereocenters. The van der Waals surface area contributed by atoms with Crippen LogP contribution in [0.4, 0.5) is 0 Å². The van der Waals surface area contributed by atoms with Crippen LogP contribution in [0.2, 0.25) is 0 Å². The molecule has 3 heterocycles. The molecule has 0 radical (unpaired) electrons. The first-order chi connectivity index (χ1) is 29.5. The fourth-order valence-corrected chi connectivity index (χ4v) is 9.38. The molecule has 11 aromatic rings. The SMILES string of the molecule is CC1(C)c2ccccc2-c2cc(-c3nc(-c4ccccc4)nc(-c4ccc(-c5cccc6oc7c(ccc8c(-c9ccccc9)nc9ccccc9c87)c56)cc4)n3)ccc21. The van der Waals surface area contributed by atoms with E-state index in [4.69, 9.17) is 24.4 Å². The van der Waals surface area contributed by atoms with E-state index in [9.17, 15) is 0 Å². The number of furan rings is 1. The standard InChI is InChI=1S/C55H36N4O/c1-55(2)44-21-11-9-18-39(44)43-32-37(28-31-45(43)55)54-58-52(35-16-7-4-8-17-35)57-53(59-54)36-26-24-33(25-27-36)38-20-13-23-47-48(38)42-30-29-41-49(51(42)60-47)40-19-10-12-22-46(40)56-50(41)34-14-5-3-6-15-34/h3-32H,1-2H3. The van der Waals surface area contributed by atoms with Crippen molar-refractivity contribution in [2.45, 2.75) is 19.3 Å². The quantitative estimate of drug-likeness (QED) is 0.163. The lowest BCUT2D eigenvalue weighted by atomic mass is 9.82. The zero-order valence-electron chi connectivity index (χ0n) is 33.0. The Hall–Kier alpha value is -7.76. The van der Waals surface area contributed by atoms with Gasteiger partial charge in [-0.1, -0.05) is 172 Å². The van der Waals surface area contributed by atoms with Crippen LogP contribution in [0.1, 0.15) is 25.0 Å². The lowest BCUT2D eigenvalue weighted by molar-refractivity contribution is 0.660. The van der Waals surface area contributed by atoms with Gasteiger partial charge in [-0.25, -0.2) is 19.9 Å². The highest BCUT2D eigenvalue weighted by Gasteiger charge is 2.35. The molecule has 5 nitrogen and oxygen atoms in total. The summed E-state index contributed by atoms with van der Waals surface area (Å²) in [6.45, 7) is 4.60. The molecule has 0 unspecified atom stereocenters. The lowest BCUT2D eigenvalue weighted by Gasteiger charge is -2.21. The molecule has 0 bridgehead atoms. The Morgan fingerprint density at radius 1 is 0.383 bits per heavy atom.